The molecule has 0 aliphatic rings. The summed E-state index contributed by atoms with van der Waals surface area (Å²) in [4.78, 5) is 16.3. The van der Waals surface area contributed by atoms with Crippen LogP contribution in [-0.2, 0) is 0 Å². The minimum absolute atomic E-state index is 0.0716. The molecule has 2 aromatic heterocycles. The first-order valence-electron chi connectivity index (χ1n) is 5.74. The minimum atomic E-state index is 0.0716. The third kappa shape index (κ3) is 3.31. The van der Waals surface area contributed by atoms with Gasteiger partial charge in [-0.1, -0.05) is 27.5 Å². The Morgan fingerprint density at radius 3 is 2.76 bits per heavy atom. The SMILES string of the molecule is Clc1nc(Nc2cc(Br)ccc2Cl)nc(-n2ccnc2)n1. The van der Waals surface area contributed by atoms with Crippen LogP contribution in [0.2, 0.25) is 10.3 Å². The van der Waals surface area contributed by atoms with Crippen molar-refractivity contribution in [1.82, 2.24) is 24.5 Å². The first-order valence-corrected chi connectivity index (χ1v) is 7.29. The van der Waals surface area contributed by atoms with Crippen molar-refractivity contribution in [1.29, 1.82) is 0 Å². The zero-order valence-corrected chi connectivity index (χ0v) is 13.4. The maximum atomic E-state index is 6.12. The van der Waals surface area contributed by atoms with E-state index in [1.807, 2.05) is 12.1 Å². The molecule has 106 valence electrons. The van der Waals surface area contributed by atoms with Crippen molar-refractivity contribution in [2.75, 3.05) is 5.32 Å². The Hall–Kier alpha value is -1.70. The van der Waals surface area contributed by atoms with Gasteiger partial charge in [0.2, 0.25) is 17.2 Å². The van der Waals surface area contributed by atoms with Crippen LogP contribution in [0.1, 0.15) is 0 Å². The Morgan fingerprint density at radius 2 is 2.00 bits per heavy atom. The van der Waals surface area contributed by atoms with Crippen molar-refractivity contribution in [3.05, 3.63) is 51.7 Å². The van der Waals surface area contributed by atoms with Crippen molar-refractivity contribution < 1.29 is 0 Å². The van der Waals surface area contributed by atoms with Crippen molar-refractivity contribution in [3.8, 4) is 5.95 Å². The number of anilines is 2. The highest BCUT2D eigenvalue weighted by Gasteiger charge is 2.09. The van der Waals surface area contributed by atoms with Crippen LogP contribution in [0, 0.1) is 0 Å². The summed E-state index contributed by atoms with van der Waals surface area (Å²) >= 11 is 15.4. The van der Waals surface area contributed by atoms with E-state index in [2.05, 4.69) is 41.2 Å². The number of nitrogens with one attached hydrogen (secondary N) is 1. The van der Waals surface area contributed by atoms with E-state index in [-0.39, 0.29) is 5.28 Å². The van der Waals surface area contributed by atoms with Gasteiger partial charge in [-0.15, -0.1) is 0 Å². The highest BCUT2D eigenvalue weighted by molar-refractivity contribution is 9.10. The Bertz CT molecular complexity index is 777. The average Bonchev–Trinajstić information content (AvgIpc) is 2.96. The number of halogens is 3. The smallest absolute Gasteiger partial charge is 0.241 e. The van der Waals surface area contributed by atoms with Gasteiger partial charge in [0.15, 0.2) is 0 Å². The van der Waals surface area contributed by atoms with Crippen LogP contribution >= 0.6 is 39.1 Å². The number of benzene rings is 1. The Labute approximate surface area is 138 Å². The van der Waals surface area contributed by atoms with Crippen LogP contribution in [0.3, 0.4) is 0 Å². The summed E-state index contributed by atoms with van der Waals surface area (Å²) in [6, 6.07) is 5.41. The van der Waals surface area contributed by atoms with E-state index < -0.39 is 0 Å². The summed E-state index contributed by atoms with van der Waals surface area (Å²) < 4.78 is 2.51. The van der Waals surface area contributed by atoms with Crippen molar-refractivity contribution in [2.45, 2.75) is 0 Å². The van der Waals surface area contributed by atoms with Gasteiger partial charge in [0.25, 0.3) is 0 Å². The van der Waals surface area contributed by atoms with Crippen molar-refractivity contribution in [2.24, 2.45) is 0 Å². The van der Waals surface area contributed by atoms with Crippen LogP contribution in [0.25, 0.3) is 5.95 Å². The predicted molar refractivity (Wildman–Crippen MR) is 84.4 cm³/mol. The molecule has 21 heavy (non-hydrogen) atoms. The Balaban J connectivity index is 1.97. The van der Waals surface area contributed by atoms with Crippen LogP contribution in [0.15, 0.2) is 41.4 Å². The van der Waals surface area contributed by atoms with Crippen LogP contribution in [0.5, 0.6) is 0 Å². The molecule has 9 heteroatoms. The zero-order chi connectivity index (χ0) is 14.8. The molecule has 0 aliphatic carbocycles. The second-order valence-electron chi connectivity index (χ2n) is 3.95. The first kappa shape index (κ1) is 14.2. The van der Waals surface area contributed by atoms with E-state index in [0.717, 1.165) is 4.47 Å². The van der Waals surface area contributed by atoms with Gasteiger partial charge >= 0.3 is 0 Å². The lowest BCUT2D eigenvalue weighted by Crippen LogP contribution is -2.05. The molecule has 6 nitrogen and oxygen atoms in total. The summed E-state index contributed by atoms with van der Waals surface area (Å²) in [6.45, 7) is 0. The van der Waals surface area contributed by atoms with Gasteiger partial charge in [-0.2, -0.15) is 15.0 Å². The maximum absolute atomic E-state index is 6.12. The fourth-order valence-electron chi connectivity index (χ4n) is 1.60. The highest BCUT2D eigenvalue weighted by atomic mass is 79.9. The molecule has 2 heterocycles. The predicted octanol–water partition coefficient (Wildman–Crippen LogP) is 3.87. The second-order valence-corrected chi connectivity index (χ2v) is 5.61. The lowest BCUT2D eigenvalue weighted by atomic mass is 10.3. The fourth-order valence-corrected chi connectivity index (χ4v) is 2.28. The van der Waals surface area contributed by atoms with Crippen LogP contribution in [0.4, 0.5) is 11.6 Å². The quantitative estimate of drug-likeness (QED) is 0.741. The molecule has 0 bridgehead atoms. The molecule has 0 saturated heterocycles. The van der Waals surface area contributed by atoms with Crippen molar-refractivity contribution in [3.63, 3.8) is 0 Å². The van der Waals surface area contributed by atoms with Gasteiger partial charge in [-0.05, 0) is 29.8 Å². The van der Waals surface area contributed by atoms with Crippen LogP contribution < -0.4 is 5.32 Å². The normalized spacial score (nSPS) is 10.6. The molecule has 3 rings (SSSR count). The molecule has 0 aliphatic heterocycles. The molecular weight excluding hydrogens is 379 g/mol. The van der Waals surface area contributed by atoms with Gasteiger partial charge in [-0.3, -0.25) is 4.57 Å². The summed E-state index contributed by atoms with van der Waals surface area (Å²) in [5, 5.41) is 3.63. The molecule has 0 unspecified atom stereocenters. The molecule has 1 N–H and O–H groups in total. The Kier molecular flexibility index (Phi) is 4.05. The standard InChI is InChI=1S/C12H7BrCl2N6/c13-7-1-2-8(14)9(5-7)17-11-18-10(15)19-12(20-11)21-4-3-16-6-21/h1-6H,(H,17,18,19,20). The lowest BCUT2D eigenvalue weighted by molar-refractivity contribution is 0.899. The molecule has 0 atom stereocenters. The van der Waals surface area contributed by atoms with E-state index in [9.17, 15) is 0 Å². The monoisotopic (exact) mass is 384 g/mol. The highest BCUT2D eigenvalue weighted by Crippen LogP contribution is 2.27. The van der Waals surface area contributed by atoms with Gasteiger partial charge in [-0.25, -0.2) is 4.98 Å². The first-order chi connectivity index (χ1) is 10.1. The van der Waals surface area contributed by atoms with E-state index in [0.29, 0.717) is 22.6 Å². The third-order valence-corrected chi connectivity index (χ3v) is 3.50. The molecule has 0 amide bonds. The Morgan fingerprint density at radius 1 is 1.14 bits per heavy atom. The molecule has 0 radical (unpaired) electrons. The average molecular weight is 386 g/mol. The van der Waals surface area contributed by atoms with Crippen LogP contribution in [-0.4, -0.2) is 24.5 Å². The van der Waals surface area contributed by atoms with E-state index in [1.165, 1.54) is 0 Å². The van der Waals surface area contributed by atoms with E-state index in [1.54, 1.807) is 29.4 Å². The second kappa shape index (κ2) is 5.97. The fraction of sp³-hybridized carbons (Fsp3) is 0. The number of imidazole rings is 1. The minimum Gasteiger partial charge on any atom is -0.323 e. The topological polar surface area (TPSA) is 68.5 Å². The lowest BCUT2D eigenvalue weighted by Gasteiger charge is -2.09. The maximum Gasteiger partial charge on any atom is 0.241 e. The van der Waals surface area contributed by atoms with Gasteiger partial charge in [0, 0.05) is 16.9 Å². The van der Waals surface area contributed by atoms with E-state index >= 15 is 0 Å². The molecule has 3 aromatic rings. The molecule has 0 fully saturated rings. The zero-order valence-electron chi connectivity index (χ0n) is 10.3. The molecule has 0 spiro atoms. The number of hydrogen-bond donors (Lipinski definition) is 1. The molecule has 1 aromatic carbocycles. The van der Waals surface area contributed by atoms with E-state index in [4.69, 9.17) is 23.2 Å². The number of aromatic nitrogens is 5. The largest absolute Gasteiger partial charge is 0.323 e. The third-order valence-electron chi connectivity index (χ3n) is 2.51. The number of nitrogens with zero attached hydrogens (tertiary/aromatic N) is 5. The number of rotatable bonds is 3. The summed E-state index contributed by atoms with van der Waals surface area (Å²) in [5.41, 5.74) is 0.657. The van der Waals surface area contributed by atoms with Gasteiger partial charge in [0.1, 0.15) is 6.33 Å². The van der Waals surface area contributed by atoms with Gasteiger partial charge < -0.3 is 5.32 Å². The molecular formula is C12H7BrCl2N6. The summed E-state index contributed by atoms with van der Waals surface area (Å²) in [7, 11) is 0. The number of hydrogen-bond acceptors (Lipinski definition) is 5. The van der Waals surface area contributed by atoms with Crippen molar-refractivity contribution >= 4 is 50.8 Å². The summed E-state index contributed by atoms with van der Waals surface area (Å²) in [6.07, 6.45) is 4.90. The van der Waals surface area contributed by atoms with Gasteiger partial charge in [0.05, 0.1) is 10.7 Å². The summed E-state index contributed by atoms with van der Waals surface area (Å²) in [5.74, 6) is 0.653. The molecule has 0 saturated carbocycles.